The molecule has 1 N–H and O–H groups in total. The SMILES string of the molecule is CC(C)(C)N1CCO[C@H](CO)C1. The van der Waals surface area contributed by atoms with Gasteiger partial charge in [-0.15, -0.1) is 0 Å². The number of nitrogens with zero attached hydrogens (tertiary/aromatic N) is 1. The minimum absolute atomic E-state index is 0.0120. The average Bonchev–Trinajstić information content (AvgIpc) is 2.03. The molecule has 0 aromatic heterocycles. The third-order valence-corrected chi connectivity index (χ3v) is 2.29. The molecule has 0 spiro atoms. The molecule has 1 aliphatic heterocycles. The van der Waals surface area contributed by atoms with E-state index in [9.17, 15) is 0 Å². The number of aliphatic hydroxyl groups excluding tert-OH is 1. The van der Waals surface area contributed by atoms with E-state index in [1.165, 1.54) is 0 Å². The van der Waals surface area contributed by atoms with E-state index in [2.05, 4.69) is 25.7 Å². The molecule has 1 fully saturated rings. The first-order valence-electron chi connectivity index (χ1n) is 4.51. The minimum Gasteiger partial charge on any atom is -0.394 e. The summed E-state index contributed by atoms with van der Waals surface area (Å²) in [5, 5.41) is 8.92. The Labute approximate surface area is 74.3 Å². The highest BCUT2D eigenvalue weighted by atomic mass is 16.5. The van der Waals surface area contributed by atoms with Crippen LogP contribution in [0.1, 0.15) is 20.8 Å². The summed E-state index contributed by atoms with van der Waals surface area (Å²) in [5.74, 6) is 0. The van der Waals surface area contributed by atoms with Gasteiger partial charge in [0.15, 0.2) is 0 Å². The van der Waals surface area contributed by atoms with Gasteiger partial charge in [-0.25, -0.2) is 0 Å². The van der Waals surface area contributed by atoms with Crippen LogP contribution in [0.3, 0.4) is 0 Å². The van der Waals surface area contributed by atoms with Gasteiger partial charge in [0.05, 0.1) is 19.3 Å². The van der Waals surface area contributed by atoms with Crippen LogP contribution in [0.5, 0.6) is 0 Å². The normalized spacial score (nSPS) is 27.5. The van der Waals surface area contributed by atoms with Crippen molar-refractivity contribution < 1.29 is 9.84 Å². The van der Waals surface area contributed by atoms with Crippen LogP contribution in [0.15, 0.2) is 0 Å². The first-order chi connectivity index (χ1) is 5.54. The van der Waals surface area contributed by atoms with E-state index < -0.39 is 0 Å². The molecule has 1 aliphatic rings. The van der Waals surface area contributed by atoms with E-state index in [0.717, 1.165) is 19.7 Å². The van der Waals surface area contributed by atoms with E-state index in [1.54, 1.807) is 0 Å². The standard InChI is InChI=1S/C9H19NO2/c1-9(2,3)10-4-5-12-8(6-10)7-11/h8,11H,4-7H2,1-3H3/t8-/m0/s1. The maximum absolute atomic E-state index is 8.92. The molecule has 3 nitrogen and oxygen atoms in total. The Morgan fingerprint density at radius 2 is 2.17 bits per heavy atom. The summed E-state index contributed by atoms with van der Waals surface area (Å²) < 4.78 is 5.36. The van der Waals surface area contributed by atoms with Crippen molar-refractivity contribution in [3.8, 4) is 0 Å². The summed E-state index contributed by atoms with van der Waals surface area (Å²) in [6, 6.07) is 0. The van der Waals surface area contributed by atoms with Gasteiger partial charge in [0, 0.05) is 18.6 Å². The summed E-state index contributed by atoms with van der Waals surface area (Å²) in [5.41, 5.74) is 0.192. The Hall–Kier alpha value is -0.120. The zero-order chi connectivity index (χ0) is 9.19. The van der Waals surface area contributed by atoms with Gasteiger partial charge in [0.1, 0.15) is 0 Å². The fourth-order valence-corrected chi connectivity index (χ4v) is 1.44. The van der Waals surface area contributed by atoms with Gasteiger partial charge in [-0.05, 0) is 20.8 Å². The van der Waals surface area contributed by atoms with Gasteiger partial charge < -0.3 is 9.84 Å². The quantitative estimate of drug-likeness (QED) is 0.626. The molecule has 0 amide bonds. The molecule has 1 saturated heterocycles. The summed E-state index contributed by atoms with van der Waals surface area (Å²) in [7, 11) is 0. The van der Waals surface area contributed by atoms with Gasteiger partial charge in [-0.2, -0.15) is 0 Å². The Morgan fingerprint density at radius 3 is 2.67 bits per heavy atom. The molecule has 1 heterocycles. The highest BCUT2D eigenvalue weighted by Gasteiger charge is 2.27. The predicted octanol–water partition coefficient (Wildman–Crippen LogP) is 0.478. The van der Waals surface area contributed by atoms with Crippen LogP contribution >= 0.6 is 0 Å². The van der Waals surface area contributed by atoms with Gasteiger partial charge >= 0.3 is 0 Å². The summed E-state index contributed by atoms with van der Waals surface area (Å²) in [6.45, 7) is 9.25. The number of rotatable bonds is 1. The van der Waals surface area contributed by atoms with Crippen LogP contribution in [-0.4, -0.2) is 48.0 Å². The average molecular weight is 173 g/mol. The van der Waals surface area contributed by atoms with Crippen LogP contribution in [0.4, 0.5) is 0 Å². The lowest BCUT2D eigenvalue weighted by atomic mass is 10.0. The first-order valence-corrected chi connectivity index (χ1v) is 4.51. The number of ether oxygens (including phenoxy) is 1. The molecule has 72 valence electrons. The molecule has 0 bridgehead atoms. The monoisotopic (exact) mass is 173 g/mol. The zero-order valence-electron chi connectivity index (χ0n) is 8.21. The molecule has 3 heteroatoms. The second-order valence-electron chi connectivity index (χ2n) is 4.29. The van der Waals surface area contributed by atoms with Gasteiger partial charge in [-0.1, -0.05) is 0 Å². The summed E-state index contributed by atoms with van der Waals surface area (Å²) in [4.78, 5) is 2.34. The van der Waals surface area contributed by atoms with Crippen LogP contribution in [-0.2, 0) is 4.74 Å². The molecule has 0 aromatic rings. The third-order valence-electron chi connectivity index (χ3n) is 2.29. The van der Waals surface area contributed by atoms with Gasteiger partial charge in [-0.3, -0.25) is 4.90 Å². The lowest BCUT2D eigenvalue weighted by Gasteiger charge is -2.41. The molecule has 1 atom stereocenters. The van der Waals surface area contributed by atoms with Gasteiger partial charge in [0.2, 0.25) is 0 Å². The Morgan fingerprint density at radius 1 is 1.50 bits per heavy atom. The number of aliphatic hydroxyl groups is 1. The van der Waals surface area contributed by atoms with Crippen LogP contribution in [0.25, 0.3) is 0 Å². The van der Waals surface area contributed by atoms with Crippen molar-refractivity contribution in [3.63, 3.8) is 0 Å². The van der Waals surface area contributed by atoms with Crippen molar-refractivity contribution in [2.24, 2.45) is 0 Å². The van der Waals surface area contributed by atoms with Crippen molar-refractivity contribution in [3.05, 3.63) is 0 Å². The topological polar surface area (TPSA) is 32.7 Å². The molecule has 0 saturated carbocycles. The number of hydrogen-bond acceptors (Lipinski definition) is 3. The van der Waals surface area contributed by atoms with Crippen LogP contribution in [0, 0.1) is 0 Å². The van der Waals surface area contributed by atoms with E-state index >= 15 is 0 Å². The van der Waals surface area contributed by atoms with Crippen molar-refractivity contribution >= 4 is 0 Å². The van der Waals surface area contributed by atoms with E-state index in [1.807, 2.05) is 0 Å². The van der Waals surface area contributed by atoms with Crippen LogP contribution < -0.4 is 0 Å². The van der Waals surface area contributed by atoms with Crippen molar-refractivity contribution in [2.45, 2.75) is 32.4 Å². The number of hydrogen-bond donors (Lipinski definition) is 1. The molecule has 0 unspecified atom stereocenters. The molecule has 1 rings (SSSR count). The molecular weight excluding hydrogens is 154 g/mol. The zero-order valence-corrected chi connectivity index (χ0v) is 8.21. The minimum atomic E-state index is 0.0120. The lowest BCUT2D eigenvalue weighted by molar-refractivity contribution is -0.0767. The van der Waals surface area contributed by atoms with Gasteiger partial charge in [0.25, 0.3) is 0 Å². The lowest BCUT2D eigenvalue weighted by Crippen LogP contribution is -2.52. The third kappa shape index (κ3) is 2.44. The smallest absolute Gasteiger partial charge is 0.0933 e. The Balaban J connectivity index is 2.46. The summed E-state index contributed by atoms with van der Waals surface area (Å²) in [6.07, 6.45) is 0.0120. The van der Waals surface area contributed by atoms with Crippen molar-refractivity contribution in [1.82, 2.24) is 4.90 Å². The fourth-order valence-electron chi connectivity index (χ4n) is 1.44. The molecule has 0 radical (unpaired) electrons. The maximum Gasteiger partial charge on any atom is 0.0933 e. The van der Waals surface area contributed by atoms with E-state index in [4.69, 9.17) is 9.84 Å². The molecular formula is C9H19NO2. The number of morpholine rings is 1. The van der Waals surface area contributed by atoms with E-state index in [-0.39, 0.29) is 18.2 Å². The molecule has 0 aromatic carbocycles. The predicted molar refractivity (Wildman–Crippen MR) is 48.2 cm³/mol. The van der Waals surface area contributed by atoms with E-state index in [0.29, 0.717) is 0 Å². The largest absolute Gasteiger partial charge is 0.394 e. The van der Waals surface area contributed by atoms with Crippen molar-refractivity contribution in [1.29, 1.82) is 0 Å². The van der Waals surface area contributed by atoms with Crippen LogP contribution in [0.2, 0.25) is 0 Å². The second kappa shape index (κ2) is 3.73. The fraction of sp³-hybridized carbons (Fsp3) is 1.00. The highest BCUT2D eigenvalue weighted by molar-refractivity contribution is 4.81. The maximum atomic E-state index is 8.92. The molecule has 12 heavy (non-hydrogen) atoms. The highest BCUT2D eigenvalue weighted by Crippen LogP contribution is 2.16. The Kier molecular flexibility index (Phi) is 3.09. The first kappa shape index (κ1) is 9.96. The summed E-state index contributed by atoms with van der Waals surface area (Å²) >= 11 is 0. The van der Waals surface area contributed by atoms with Crippen molar-refractivity contribution in [2.75, 3.05) is 26.3 Å². The molecule has 0 aliphatic carbocycles. The second-order valence-corrected chi connectivity index (χ2v) is 4.29. The Bertz CT molecular complexity index is 142.